The zero-order valence-electron chi connectivity index (χ0n) is 12.3. The molecule has 2 aliphatic heterocycles. The number of nitrogens with zero attached hydrogens (tertiary/aromatic N) is 2. The lowest BCUT2D eigenvalue weighted by Crippen LogP contribution is -2.48. The molecule has 2 saturated heterocycles. The molecule has 5 heteroatoms. The molecule has 112 valence electrons. The molecule has 2 fully saturated rings. The van der Waals surface area contributed by atoms with Gasteiger partial charge in [0.2, 0.25) is 11.8 Å². The van der Waals surface area contributed by atoms with Crippen LogP contribution >= 0.6 is 0 Å². The second kappa shape index (κ2) is 5.85. The first-order valence-electron chi connectivity index (χ1n) is 7.51. The van der Waals surface area contributed by atoms with Crippen LogP contribution in [-0.2, 0) is 9.59 Å². The second-order valence-electron chi connectivity index (χ2n) is 5.81. The Bertz CT molecular complexity index is 524. The molecule has 0 spiro atoms. The molecular weight excluding hydrogens is 266 g/mol. The summed E-state index contributed by atoms with van der Waals surface area (Å²) in [5.74, 6) is -0.176. The van der Waals surface area contributed by atoms with Crippen molar-refractivity contribution in [3.63, 3.8) is 0 Å². The summed E-state index contributed by atoms with van der Waals surface area (Å²) in [4.78, 5) is 27.0. The summed E-state index contributed by atoms with van der Waals surface area (Å²) in [5.41, 5.74) is 1.25. The van der Waals surface area contributed by atoms with E-state index >= 15 is 0 Å². The van der Waals surface area contributed by atoms with Crippen molar-refractivity contribution < 1.29 is 9.59 Å². The van der Waals surface area contributed by atoms with Crippen LogP contribution < -0.4 is 10.2 Å². The molecule has 3 rings (SSSR count). The van der Waals surface area contributed by atoms with Crippen molar-refractivity contribution in [2.45, 2.75) is 31.3 Å². The van der Waals surface area contributed by atoms with Crippen molar-refractivity contribution >= 4 is 17.5 Å². The molecule has 2 amide bonds. The van der Waals surface area contributed by atoms with E-state index in [4.69, 9.17) is 0 Å². The van der Waals surface area contributed by atoms with Crippen molar-refractivity contribution in [2.75, 3.05) is 25.0 Å². The summed E-state index contributed by atoms with van der Waals surface area (Å²) < 4.78 is 0. The average Bonchev–Trinajstić information content (AvgIpc) is 2.76. The molecule has 0 aliphatic carbocycles. The van der Waals surface area contributed by atoms with E-state index in [1.54, 1.807) is 7.05 Å². The molecule has 1 N–H and O–H groups in total. The summed E-state index contributed by atoms with van der Waals surface area (Å²) in [6.07, 6.45) is 2.29. The third kappa shape index (κ3) is 2.93. The van der Waals surface area contributed by atoms with Gasteiger partial charge >= 0.3 is 0 Å². The average molecular weight is 287 g/mol. The van der Waals surface area contributed by atoms with Gasteiger partial charge in [-0.1, -0.05) is 18.2 Å². The number of hydrogen-bond acceptors (Lipinski definition) is 4. The monoisotopic (exact) mass is 287 g/mol. The maximum Gasteiger partial charge on any atom is 0.246 e. The lowest BCUT2D eigenvalue weighted by molar-refractivity contribution is -0.137. The normalized spacial score (nSPS) is 24.0. The van der Waals surface area contributed by atoms with Crippen LogP contribution in [0.15, 0.2) is 30.3 Å². The van der Waals surface area contributed by atoms with E-state index in [-0.39, 0.29) is 17.9 Å². The van der Waals surface area contributed by atoms with Gasteiger partial charge in [0.05, 0.1) is 12.5 Å². The molecule has 0 aromatic heterocycles. The molecule has 1 aromatic rings. The Hall–Kier alpha value is -1.88. The first kappa shape index (κ1) is 14.1. The van der Waals surface area contributed by atoms with Crippen LogP contribution in [-0.4, -0.2) is 48.9 Å². The summed E-state index contributed by atoms with van der Waals surface area (Å²) in [6.45, 7) is 1.96. The summed E-state index contributed by atoms with van der Waals surface area (Å²) in [6, 6.07) is 10.4. The fourth-order valence-electron chi connectivity index (χ4n) is 3.11. The fraction of sp³-hybridized carbons (Fsp3) is 0.500. The standard InChI is InChI=1S/C16H21N3O2/c1-18-15(20)11-14(16(18)21)17-12-7-9-19(10-8-12)13-5-3-2-4-6-13/h2-6,12,14,17H,7-11H2,1H3. The Morgan fingerprint density at radius 3 is 2.33 bits per heavy atom. The van der Waals surface area contributed by atoms with Gasteiger partial charge in [0.1, 0.15) is 0 Å². The van der Waals surface area contributed by atoms with E-state index in [1.807, 2.05) is 6.07 Å². The molecule has 1 atom stereocenters. The number of likely N-dealkylation sites (tertiary alicyclic amines) is 1. The van der Waals surface area contributed by atoms with E-state index in [9.17, 15) is 9.59 Å². The topological polar surface area (TPSA) is 52.7 Å². The summed E-state index contributed by atoms with van der Waals surface area (Å²) in [5, 5.41) is 3.36. The van der Waals surface area contributed by atoms with Gasteiger partial charge in [0.25, 0.3) is 0 Å². The maximum atomic E-state index is 11.9. The lowest BCUT2D eigenvalue weighted by atomic mass is 10.0. The quantitative estimate of drug-likeness (QED) is 0.843. The number of amides is 2. The Balaban J connectivity index is 1.53. The Morgan fingerprint density at radius 1 is 1.10 bits per heavy atom. The molecule has 2 aliphatic rings. The molecule has 0 radical (unpaired) electrons. The number of rotatable bonds is 3. The van der Waals surface area contributed by atoms with Crippen molar-refractivity contribution in [1.29, 1.82) is 0 Å². The van der Waals surface area contributed by atoms with Crippen LogP contribution in [0.2, 0.25) is 0 Å². The highest BCUT2D eigenvalue weighted by Gasteiger charge is 2.37. The van der Waals surface area contributed by atoms with Crippen LogP contribution in [0.3, 0.4) is 0 Å². The number of piperidine rings is 1. The minimum absolute atomic E-state index is 0.0841. The number of imide groups is 1. The largest absolute Gasteiger partial charge is 0.371 e. The Labute approximate surface area is 124 Å². The third-order valence-electron chi connectivity index (χ3n) is 4.43. The van der Waals surface area contributed by atoms with E-state index in [2.05, 4.69) is 34.5 Å². The SMILES string of the molecule is CN1C(=O)CC(NC2CCN(c3ccccc3)CC2)C1=O. The van der Waals surface area contributed by atoms with Crippen molar-refractivity contribution in [2.24, 2.45) is 0 Å². The Kier molecular flexibility index (Phi) is 3.92. The van der Waals surface area contributed by atoms with Gasteiger partial charge in [0.15, 0.2) is 0 Å². The van der Waals surface area contributed by atoms with E-state index < -0.39 is 0 Å². The van der Waals surface area contributed by atoms with Crippen LogP contribution in [0.1, 0.15) is 19.3 Å². The number of benzene rings is 1. The Morgan fingerprint density at radius 2 is 1.76 bits per heavy atom. The van der Waals surface area contributed by atoms with Gasteiger partial charge in [-0.3, -0.25) is 14.5 Å². The van der Waals surface area contributed by atoms with Crippen molar-refractivity contribution in [1.82, 2.24) is 10.2 Å². The predicted molar refractivity (Wildman–Crippen MR) is 81.0 cm³/mol. The first-order chi connectivity index (χ1) is 10.1. The third-order valence-corrected chi connectivity index (χ3v) is 4.43. The number of nitrogens with one attached hydrogen (secondary N) is 1. The molecule has 1 aromatic carbocycles. The molecule has 1 unspecified atom stereocenters. The van der Waals surface area contributed by atoms with Crippen molar-refractivity contribution in [3.05, 3.63) is 30.3 Å². The number of anilines is 1. The molecule has 21 heavy (non-hydrogen) atoms. The van der Waals surface area contributed by atoms with Gasteiger partial charge in [-0.15, -0.1) is 0 Å². The van der Waals surface area contributed by atoms with Crippen LogP contribution in [0.25, 0.3) is 0 Å². The van der Waals surface area contributed by atoms with Gasteiger partial charge < -0.3 is 10.2 Å². The smallest absolute Gasteiger partial charge is 0.246 e. The fourth-order valence-corrected chi connectivity index (χ4v) is 3.11. The van der Waals surface area contributed by atoms with Gasteiger partial charge in [0, 0.05) is 31.9 Å². The predicted octanol–water partition coefficient (Wildman–Crippen LogP) is 1.00. The number of likely N-dealkylation sites (N-methyl/N-ethyl adjacent to an activating group) is 1. The van der Waals surface area contributed by atoms with Crippen LogP contribution in [0.5, 0.6) is 0 Å². The minimum atomic E-state index is -0.323. The second-order valence-corrected chi connectivity index (χ2v) is 5.81. The van der Waals surface area contributed by atoms with Crippen LogP contribution in [0, 0.1) is 0 Å². The zero-order chi connectivity index (χ0) is 14.8. The van der Waals surface area contributed by atoms with Crippen molar-refractivity contribution in [3.8, 4) is 0 Å². The highest BCUT2D eigenvalue weighted by Crippen LogP contribution is 2.21. The molecule has 2 heterocycles. The number of para-hydroxylation sites is 1. The highest BCUT2D eigenvalue weighted by molar-refractivity contribution is 6.05. The van der Waals surface area contributed by atoms with Gasteiger partial charge in [-0.05, 0) is 25.0 Å². The van der Waals surface area contributed by atoms with E-state index in [0.717, 1.165) is 25.9 Å². The number of carbonyl (C=O) groups is 2. The first-order valence-corrected chi connectivity index (χ1v) is 7.51. The van der Waals surface area contributed by atoms with Gasteiger partial charge in [-0.2, -0.15) is 0 Å². The maximum absolute atomic E-state index is 11.9. The summed E-state index contributed by atoms with van der Waals surface area (Å²) >= 11 is 0. The lowest BCUT2D eigenvalue weighted by Gasteiger charge is -2.34. The van der Waals surface area contributed by atoms with Gasteiger partial charge in [-0.25, -0.2) is 0 Å². The number of carbonyl (C=O) groups excluding carboxylic acids is 2. The van der Waals surface area contributed by atoms with E-state index in [1.165, 1.54) is 10.6 Å². The highest BCUT2D eigenvalue weighted by atomic mass is 16.2. The molecular formula is C16H21N3O2. The molecule has 5 nitrogen and oxygen atoms in total. The minimum Gasteiger partial charge on any atom is -0.371 e. The molecule has 0 saturated carbocycles. The summed E-state index contributed by atoms with van der Waals surface area (Å²) in [7, 11) is 1.56. The molecule has 0 bridgehead atoms. The number of hydrogen-bond donors (Lipinski definition) is 1. The van der Waals surface area contributed by atoms with E-state index in [0.29, 0.717) is 12.5 Å². The zero-order valence-corrected chi connectivity index (χ0v) is 12.3. The van der Waals surface area contributed by atoms with Crippen LogP contribution in [0.4, 0.5) is 5.69 Å².